The molecule has 1 amide bonds. The molecule has 2 heterocycles. The van der Waals surface area contributed by atoms with E-state index in [1.54, 1.807) is 44.6 Å². The minimum atomic E-state index is -0.197. The molecule has 0 unspecified atom stereocenters. The third-order valence-electron chi connectivity index (χ3n) is 4.97. The number of methoxy groups -OCH3 is 2. The molecule has 0 aromatic heterocycles. The number of rotatable bonds is 5. The van der Waals surface area contributed by atoms with Crippen molar-refractivity contribution >= 4 is 51.9 Å². The van der Waals surface area contributed by atoms with E-state index in [0.717, 1.165) is 35.8 Å². The van der Waals surface area contributed by atoms with Crippen molar-refractivity contribution in [3.05, 3.63) is 51.9 Å². The van der Waals surface area contributed by atoms with Gasteiger partial charge in [-0.1, -0.05) is 11.6 Å². The summed E-state index contributed by atoms with van der Waals surface area (Å²) in [6, 6.07) is 11.0. The standard InChI is InChI=1S/C22H22ClN3O3S/c1-28-18-13-17(26-9-3-4-10-26)19(29-2)11-14(18)12-20-21(27)25-22(30-20)24-16-7-5-15(23)6-8-16/h5-8,11-13H,3-4,9-10H2,1-2H3,(H,24,25,27)/b20-12-. The fourth-order valence-corrected chi connectivity index (χ4v) is 4.44. The van der Waals surface area contributed by atoms with E-state index in [4.69, 9.17) is 21.1 Å². The first-order valence-corrected chi connectivity index (χ1v) is 10.8. The van der Waals surface area contributed by atoms with Gasteiger partial charge in [0.2, 0.25) is 0 Å². The third kappa shape index (κ3) is 4.42. The molecule has 156 valence electrons. The maximum atomic E-state index is 12.5. The van der Waals surface area contributed by atoms with Crippen molar-refractivity contribution in [2.75, 3.05) is 32.2 Å². The Labute approximate surface area is 184 Å². The summed E-state index contributed by atoms with van der Waals surface area (Å²) in [5.74, 6) is 1.27. The lowest BCUT2D eigenvalue weighted by molar-refractivity contribution is -0.115. The monoisotopic (exact) mass is 443 g/mol. The maximum absolute atomic E-state index is 12.5. The van der Waals surface area contributed by atoms with Crippen molar-refractivity contribution in [1.82, 2.24) is 5.32 Å². The highest BCUT2D eigenvalue weighted by atomic mass is 35.5. The molecule has 30 heavy (non-hydrogen) atoms. The van der Waals surface area contributed by atoms with Crippen molar-refractivity contribution < 1.29 is 14.3 Å². The van der Waals surface area contributed by atoms with Gasteiger partial charge in [0.15, 0.2) is 5.17 Å². The van der Waals surface area contributed by atoms with Crippen LogP contribution in [0.15, 0.2) is 46.3 Å². The van der Waals surface area contributed by atoms with Gasteiger partial charge in [-0.3, -0.25) is 4.79 Å². The van der Waals surface area contributed by atoms with Crippen molar-refractivity contribution in [1.29, 1.82) is 0 Å². The molecule has 0 atom stereocenters. The van der Waals surface area contributed by atoms with E-state index in [9.17, 15) is 4.79 Å². The molecule has 0 aliphatic carbocycles. The van der Waals surface area contributed by atoms with Crippen LogP contribution < -0.4 is 19.7 Å². The van der Waals surface area contributed by atoms with Crippen LogP contribution in [0.1, 0.15) is 18.4 Å². The van der Waals surface area contributed by atoms with Crippen molar-refractivity contribution in [2.45, 2.75) is 12.8 Å². The molecule has 1 N–H and O–H groups in total. The van der Waals surface area contributed by atoms with Gasteiger partial charge < -0.3 is 19.7 Å². The fraction of sp³-hybridized carbons (Fsp3) is 0.273. The molecule has 2 aromatic carbocycles. The summed E-state index contributed by atoms with van der Waals surface area (Å²) in [6.45, 7) is 2.01. The molecule has 4 rings (SSSR count). The van der Waals surface area contributed by atoms with Gasteiger partial charge in [-0.2, -0.15) is 0 Å². The second-order valence-corrected chi connectivity index (χ2v) is 8.39. The first-order valence-electron chi connectivity index (χ1n) is 9.63. The highest BCUT2D eigenvalue weighted by molar-refractivity contribution is 8.18. The van der Waals surface area contributed by atoms with Gasteiger partial charge in [0.1, 0.15) is 11.5 Å². The number of nitrogens with zero attached hydrogens (tertiary/aromatic N) is 2. The molecule has 2 aromatic rings. The predicted molar refractivity (Wildman–Crippen MR) is 123 cm³/mol. The zero-order valence-corrected chi connectivity index (χ0v) is 18.3. The van der Waals surface area contributed by atoms with E-state index in [0.29, 0.717) is 20.8 Å². The van der Waals surface area contributed by atoms with Crippen LogP contribution in [0.4, 0.5) is 11.4 Å². The Morgan fingerprint density at radius 1 is 1.10 bits per heavy atom. The summed E-state index contributed by atoms with van der Waals surface area (Å²) in [6.07, 6.45) is 4.15. The minimum Gasteiger partial charge on any atom is -0.496 e. The van der Waals surface area contributed by atoms with E-state index < -0.39 is 0 Å². The summed E-state index contributed by atoms with van der Waals surface area (Å²) in [5.41, 5.74) is 2.52. The van der Waals surface area contributed by atoms with E-state index in [-0.39, 0.29) is 5.91 Å². The Kier molecular flexibility index (Phi) is 6.20. The van der Waals surface area contributed by atoms with E-state index >= 15 is 0 Å². The largest absolute Gasteiger partial charge is 0.496 e. The number of anilines is 1. The number of aliphatic imine (C=N–C) groups is 1. The third-order valence-corrected chi connectivity index (χ3v) is 6.13. The van der Waals surface area contributed by atoms with Gasteiger partial charge in [0.05, 0.1) is 30.5 Å². The van der Waals surface area contributed by atoms with Crippen LogP contribution in [0.5, 0.6) is 11.5 Å². The molecule has 0 bridgehead atoms. The average molecular weight is 444 g/mol. The highest BCUT2D eigenvalue weighted by Gasteiger charge is 2.25. The Hall–Kier alpha value is -2.64. The van der Waals surface area contributed by atoms with E-state index in [1.165, 1.54) is 24.6 Å². The normalized spacial score (nSPS) is 18.9. The fourth-order valence-electron chi connectivity index (χ4n) is 3.48. The lowest BCUT2D eigenvalue weighted by atomic mass is 10.1. The van der Waals surface area contributed by atoms with Crippen LogP contribution in [0.2, 0.25) is 5.02 Å². The summed E-state index contributed by atoms with van der Waals surface area (Å²) < 4.78 is 11.2. The second-order valence-electron chi connectivity index (χ2n) is 6.92. The number of thioether (sulfide) groups is 1. The molecule has 0 saturated carbocycles. The second kappa shape index (κ2) is 9.02. The molecule has 6 nitrogen and oxygen atoms in total. The minimum absolute atomic E-state index is 0.197. The Morgan fingerprint density at radius 3 is 2.47 bits per heavy atom. The van der Waals surface area contributed by atoms with Crippen LogP contribution >= 0.6 is 23.4 Å². The highest BCUT2D eigenvalue weighted by Crippen LogP contribution is 2.39. The molecular formula is C22H22ClN3O3S. The van der Waals surface area contributed by atoms with Crippen LogP contribution in [0.3, 0.4) is 0 Å². The maximum Gasteiger partial charge on any atom is 0.264 e. The lowest BCUT2D eigenvalue weighted by Gasteiger charge is -2.22. The number of carbonyl (C=O) groups excluding carboxylic acids is 1. The number of carbonyl (C=O) groups is 1. The number of hydrogen-bond acceptors (Lipinski definition) is 6. The molecule has 8 heteroatoms. The number of benzene rings is 2. The summed E-state index contributed by atoms with van der Waals surface area (Å²) in [5, 5.41) is 3.96. The number of nitrogens with one attached hydrogen (secondary N) is 1. The number of hydrogen-bond donors (Lipinski definition) is 1. The Balaban J connectivity index is 1.63. The molecule has 2 aliphatic rings. The number of ether oxygens (including phenoxy) is 2. The lowest BCUT2D eigenvalue weighted by Crippen LogP contribution is -2.19. The quantitative estimate of drug-likeness (QED) is 0.669. The first kappa shape index (κ1) is 20.6. The Morgan fingerprint density at radius 2 is 1.80 bits per heavy atom. The number of amides is 1. The van der Waals surface area contributed by atoms with E-state index in [2.05, 4.69) is 15.2 Å². The smallest absolute Gasteiger partial charge is 0.264 e. The van der Waals surface area contributed by atoms with Gasteiger partial charge in [-0.25, -0.2) is 4.99 Å². The zero-order chi connectivity index (χ0) is 21.1. The summed E-state index contributed by atoms with van der Waals surface area (Å²) in [7, 11) is 3.29. The van der Waals surface area contributed by atoms with Gasteiger partial charge in [-0.15, -0.1) is 0 Å². The number of halogens is 1. The Bertz CT molecular complexity index is 1020. The SMILES string of the molecule is COc1cc(N2CCCC2)c(OC)cc1/C=C1\SC(=Nc2ccc(Cl)cc2)NC1=O. The molecular weight excluding hydrogens is 422 g/mol. The average Bonchev–Trinajstić information content (AvgIpc) is 3.40. The number of amidine groups is 1. The van der Waals surface area contributed by atoms with Crippen LogP contribution in [-0.2, 0) is 4.79 Å². The van der Waals surface area contributed by atoms with Gasteiger partial charge in [0.25, 0.3) is 5.91 Å². The van der Waals surface area contributed by atoms with Crippen molar-refractivity contribution in [3.63, 3.8) is 0 Å². The van der Waals surface area contributed by atoms with E-state index in [1.807, 2.05) is 12.1 Å². The zero-order valence-electron chi connectivity index (χ0n) is 16.8. The molecule has 2 fully saturated rings. The molecule has 2 aliphatic heterocycles. The summed E-state index contributed by atoms with van der Waals surface area (Å²) >= 11 is 7.20. The van der Waals surface area contributed by atoms with Crippen LogP contribution in [0.25, 0.3) is 6.08 Å². The topological polar surface area (TPSA) is 63.2 Å². The summed E-state index contributed by atoms with van der Waals surface area (Å²) in [4.78, 5) is 19.8. The van der Waals surface area contributed by atoms with Crippen molar-refractivity contribution in [3.8, 4) is 11.5 Å². The van der Waals surface area contributed by atoms with Crippen molar-refractivity contribution in [2.24, 2.45) is 4.99 Å². The van der Waals surface area contributed by atoms with Gasteiger partial charge in [-0.05, 0) is 61.0 Å². The predicted octanol–water partition coefficient (Wildman–Crippen LogP) is 4.85. The molecule has 2 saturated heterocycles. The molecule has 0 radical (unpaired) electrons. The van der Waals surface area contributed by atoms with Crippen LogP contribution in [0, 0.1) is 0 Å². The first-order chi connectivity index (χ1) is 14.6. The van der Waals surface area contributed by atoms with Gasteiger partial charge in [0, 0.05) is 29.7 Å². The van der Waals surface area contributed by atoms with Crippen LogP contribution in [-0.4, -0.2) is 38.4 Å². The molecule has 0 spiro atoms. The van der Waals surface area contributed by atoms with Gasteiger partial charge >= 0.3 is 0 Å².